The fourth-order valence-corrected chi connectivity index (χ4v) is 2.85. The lowest BCUT2D eigenvalue weighted by Crippen LogP contribution is -2.48. The van der Waals surface area contributed by atoms with Crippen LogP contribution in [0.25, 0.3) is 0 Å². The monoisotopic (exact) mass is 348 g/mol. The van der Waals surface area contributed by atoms with Crippen molar-refractivity contribution < 1.29 is 19.6 Å². The molecule has 0 aliphatic carbocycles. The van der Waals surface area contributed by atoms with Crippen LogP contribution in [0.5, 0.6) is 0 Å². The van der Waals surface area contributed by atoms with Crippen LogP contribution >= 0.6 is 0 Å². The van der Waals surface area contributed by atoms with Gasteiger partial charge in [0.05, 0.1) is 5.92 Å². The van der Waals surface area contributed by atoms with Gasteiger partial charge in [0, 0.05) is 25.2 Å². The third kappa shape index (κ3) is 5.01. The van der Waals surface area contributed by atoms with Gasteiger partial charge in [0.2, 0.25) is 17.7 Å². The fourth-order valence-electron chi connectivity index (χ4n) is 2.85. The van der Waals surface area contributed by atoms with Gasteiger partial charge in [0.25, 0.3) is 0 Å². The van der Waals surface area contributed by atoms with Crippen LogP contribution in [0.15, 0.2) is 24.3 Å². The van der Waals surface area contributed by atoms with Crippen LogP contribution in [0.3, 0.4) is 0 Å². The fraction of sp³-hybridized carbons (Fsp3) is 0.471. The molecule has 0 fully saturated rings. The minimum absolute atomic E-state index is 0.0967. The van der Waals surface area contributed by atoms with E-state index in [1.807, 2.05) is 37.2 Å². The second kappa shape index (κ2) is 8.59. The number of likely N-dealkylation sites (N-methyl/N-ethyl adjacent to an activating group) is 1. The van der Waals surface area contributed by atoms with Crippen LogP contribution < -0.4 is 15.7 Å². The smallest absolute Gasteiger partial charge is 0.244 e. The molecular weight excluding hydrogens is 324 g/mol. The summed E-state index contributed by atoms with van der Waals surface area (Å²) >= 11 is 0. The van der Waals surface area contributed by atoms with Crippen molar-refractivity contribution in [1.29, 1.82) is 0 Å². The highest BCUT2D eigenvalue weighted by molar-refractivity contribution is 6.03. The van der Waals surface area contributed by atoms with Crippen LogP contribution in [0.2, 0.25) is 0 Å². The molecule has 0 radical (unpaired) electrons. The molecule has 1 unspecified atom stereocenters. The normalized spacial score (nSPS) is 16.6. The van der Waals surface area contributed by atoms with Crippen LogP contribution in [-0.2, 0) is 20.8 Å². The molecule has 0 saturated heterocycles. The van der Waals surface area contributed by atoms with Gasteiger partial charge in [-0.1, -0.05) is 18.2 Å². The van der Waals surface area contributed by atoms with Crippen LogP contribution in [0.1, 0.15) is 12.0 Å². The number of nitrogens with zero attached hydrogens (tertiary/aromatic N) is 2. The van der Waals surface area contributed by atoms with Crippen LogP contribution in [0.4, 0.5) is 5.69 Å². The second-order valence-corrected chi connectivity index (χ2v) is 6.35. The summed E-state index contributed by atoms with van der Waals surface area (Å²) in [6.45, 7) is 1.10. The van der Waals surface area contributed by atoms with Gasteiger partial charge in [-0.2, -0.15) is 0 Å². The molecule has 1 heterocycles. The number of rotatable bonds is 7. The first kappa shape index (κ1) is 18.9. The second-order valence-electron chi connectivity index (χ2n) is 6.35. The maximum Gasteiger partial charge on any atom is 0.244 e. The Morgan fingerprint density at radius 3 is 2.68 bits per heavy atom. The summed E-state index contributed by atoms with van der Waals surface area (Å²) in [6, 6.07) is 7.34. The van der Waals surface area contributed by atoms with Crippen molar-refractivity contribution in [2.45, 2.75) is 12.8 Å². The molecule has 25 heavy (non-hydrogen) atoms. The Morgan fingerprint density at radius 1 is 1.28 bits per heavy atom. The molecule has 1 aromatic carbocycles. The number of hydrogen-bond donors (Lipinski definition) is 3. The summed E-state index contributed by atoms with van der Waals surface area (Å²) in [6.07, 6.45) is 0.281. The highest BCUT2D eigenvalue weighted by atomic mass is 16.5. The summed E-state index contributed by atoms with van der Waals surface area (Å²) in [5.41, 5.74) is 3.15. The third-order valence-electron chi connectivity index (χ3n) is 4.10. The number of nitrogens with one attached hydrogen (secondary N) is 2. The van der Waals surface area contributed by atoms with Crippen molar-refractivity contribution in [1.82, 2.24) is 15.7 Å². The molecule has 2 rings (SSSR count). The summed E-state index contributed by atoms with van der Waals surface area (Å²) < 4.78 is 0. The molecule has 1 atom stereocenters. The summed E-state index contributed by atoms with van der Waals surface area (Å²) in [4.78, 5) is 39.7. The van der Waals surface area contributed by atoms with E-state index in [2.05, 4.69) is 5.32 Å². The van der Waals surface area contributed by atoms with E-state index in [0.29, 0.717) is 25.2 Å². The average Bonchev–Trinajstić information content (AvgIpc) is 2.58. The van der Waals surface area contributed by atoms with Crippen LogP contribution in [0, 0.1) is 5.92 Å². The number of benzene rings is 1. The number of carbonyl (C=O) groups excluding carboxylic acids is 3. The van der Waals surface area contributed by atoms with Gasteiger partial charge in [-0.3, -0.25) is 19.6 Å². The molecule has 8 heteroatoms. The maximum absolute atomic E-state index is 12.7. The zero-order valence-electron chi connectivity index (χ0n) is 14.5. The van der Waals surface area contributed by atoms with Gasteiger partial charge in [-0.15, -0.1) is 0 Å². The van der Waals surface area contributed by atoms with Gasteiger partial charge in [0.15, 0.2) is 0 Å². The average molecular weight is 348 g/mol. The molecule has 0 saturated carbocycles. The van der Waals surface area contributed by atoms with Gasteiger partial charge in [-0.25, -0.2) is 5.48 Å². The molecule has 136 valence electrons. The summed E-state index contributed by atoms with van der Waals surface area (Å²) in [7, 11) is 3.82. The van der Waals surface area contributed by atoms with Crippen molar-refractivity contribution >= 4 is 23.4 Å². The van der Waals surface area contributed by atoms with E-state index < -0.39 is 11.8 Å². The Bertz CT molecular complexity index is 647. The Balaban J connectivity index is 2.12. The standard InChI is InChI=1S/C17H24N4O4/c1-20(2)8-7-18-16(23)11-21-14-6-4-3-5-12(14)9-13(17(21)24)10-15(22)19-25/h3-6,13,25H,7-11H2,1-2H3,(H,18,23)(H,19,22). The van der Waals surface area contributed by atoms with Crippen molar-refractivity contribution in [2.24, 2.45) is 5.92 Å². The zero-order chi connectivity index (χ0) is 18.4. The largest absolute Gasteiger partial charge is 0.353 e. The number of carbonyl (C=O) groups is 3. The highest BCUT2D eigenvalue weighted by Gasteiger charge is 2.34. The lowest BCUT2D eigenvalue weighted by molar-refractivity contribution is -0.134. The number of amides is 3. The molecule has 0 aromatic heterocycles. The number of hydrogen-bond acceptors (Lipinski definition) is 5. The number of anilines is 1. The van der Waals surface area contributed by atoms with Gasteiger partial charge < -0.3 is 15.1 Å². The lowest BCUT2D eigenvalue weighted by Gasteiger charge is -2.33. The number of fused-ring (bicyclic) bond motifs is 1. The number of para-hydroxylation sites is 1. The Morgan fingerprint density at radius 2 is 2.00 bits per heavy atom. The molecule has 1 aliphatic heterocycles. The van der Waals surface area contributed by atoms with Crippen molar-refractivity contribution in [3.05, 3.63) is 29.8 Å². The lowest BCUT2D eigenvalue weighted by atomic mass is 9.89. The first-order chi connectivity index (χ1) is 11.9. The molecule has 3 amide bonds. The van der Waals surface area contributed by atoms with E-state index in [9.17, 15) is 14.4 Å². The molecule has 8 nitrogen and oxygen atoms in total. The van der Waals surface area contributed by atoms with Crippen molar-refractivity contribution in [3.8, 4) is 0 Å². The molecular formula is C17H24N4O4. The SMILES string of the molecule is CN(C)CCNC(=O)CN1C(=O)C(CC(=O)NO)Cc2ccccc21. The minimum Gasteiger partial charge on any atom is -0.353 e. The zero-order valence-corrected chi connectivity index (χ0v) is 14.5. The predicted octanol–water partition coefficient (Wildman–Crippen LogP) is -0.235. The highest BCUT2D eigenvalue weighted by Crippen LogP contribution is 2.31. The van der Waals surface area contributed by atoms with Gasteiger partial charge in [-0.05, 0) is 32.1 Å². The quantitative estimate of drug-likeness (QED) is 0.466. The van der Waals surface area contributed by atoms with E-state index in [0.717, 1.165) is 5.56 Å². The van der Waals surface area contributed by atoms with Gasteiger partial charge >= 0.3 is 0 Å². The summed E-state index contributed by atoms with van der Waals surface area (Å²) in [5, 5.41) is 11.5. The van der Waals surface area contributed by atoms with Crippen LogP contribution in [-0.4, -0.2) is 61.6 Å². The molecule has 1 aromatic rings. The van der Waals surface area contributed by atoms with Crippen molar-refractivity contribution in [2.75, 3.05) is 38.6 Å². The van der Waals surface area contributed by atoms with Crippen molar-refractivity contribution in [3.63, 3.8) is 0 Å². The van der Waals surface area contributed by atoms with E-state index in [1.54, 1.807) is 11.5 Å². The minimum atomic E-state index is -0.617. The first-order valence-corrected chi connectivity index (χ1v) is 8.16. The number of hydroxylamine groups is 1. The molecule has 0 bridgehead atoms. The molecule has 3 N–H and O–H groups in total. The molecule has 1 aliphatic rings. The van der Waals surface area contributed by atoms with Gasteiger partial charge in [0.1, 0.15) is 6.54 Å². The predicted molar refractivity (Wildman–Crippen MR) is 92.1 cm³/mol. The maximum atomic E-state index is 12.7. The first-order valence-electron chi connectivity index (χ1n) is 8.16. The Kier molecular flexibility index (Phi) is 6.49. The third-order valence-corrected chi connectivity index (χ3v) is 4.10. The molecule has 0 spiro atoms. The summed E-state index contributed by atoms with van der Waals surface area (Å²) in [5.74, 6) is -1.76. The van der Waals surface area contributed by atoms with E-state index in [1.165, 1.54) is 4.90 Å². The Labute approximate surface area is 146 Å². The van der Waals surface area contributed by atoms with E-state index in [4.69, 9.17) is 5.21 Å². The topological polar surface area (TPSA) is 102 Å². The Hall–Kier alpha value is -2.45. The van der Waals surface area contributed by atoms with E-state index >= 15 is 0 Å². The van der Waals surface area contributed by atoms with E-state index in [-0.39, 0.29) is 24.8 Å².